The number of hydrogen-bond acceptors (Lipinski definition) is 8. The molecule has 0 bridgehead atoms. The number of aryl methyl sites for hydroxylation is 2. The fourth-order valence-electron chi connectivity index (χ4n) is 4.06. The summed E-state index contributed by atoms with van der Waals surface area (Å²) in [5.74, 6) is 1.08. The molecule has 1 saturated heterocycles. The third-order valence-corrected chi connectivity index (χ3v) is 6.62. The van der Waals surface area contributed by atoms with E-state index in [1.807, 2.05) is 49.1 Å². The molecule has 0 amide bonds. The molecule has 4 heterocycles. The standard InChI is InChI=1S/C22H24ClN7O3S/c1-14-15(9-29-11-17(12-29)33-34(3,31)32)10-30(27-14)21-6-7-24-22(26-21)25-16-4-5-20-18(8-16)19(23)13-28(20)2/h4-8,10,13,17H,9,11-12H2,1-3H3,(H,24,25,26). The van der Waals surface area contributed by atoms with Crippen molar-refractivity contribution >= 4 is 44.3 Å². The van der Waals surface area contributed by atoms with E-state index >= 15 is 0 Å². The van der Waals surface area contributed by atoms with Crippen LogP contribution in [0.2, 0.25) is 5.02 Å². The van der Waals surface area contributed by atoms with Crippen LogP contribution in [0.1, 0.15) is 11.3 Å². The molecule has 1 aliphatic heterocycles. The second-order valence-corrected chi connectivity index (χ2v) is 10.5. The quantitative estimate of drug-likeness (QED) is 0.385. The Morgan fingerprint density at radius 2 is 2.03 bits per heavy atom. The Bertz CT molecular complexity index is 1480. The molecule has 10 nitrogen and oxygen atoms in total. The third-order valence-electron chi connectivity index (χ3n) is 5.70. The smallest absolute Gasteiger partial charge is 0.264 e. The molecule has 5 rings (SSSR count). The molecule has 0 radical (unpaired) electrons. The van der Waals surface area contributed by atoms with E-state index in [1.54, 1.807) is 16.9 Å². The summed E-state index contributed by atoms with van der Waals surface area (Å²) in [6.07, 6.45) is 6.28. The molecule has 0 spiro atoms. The number of hydrogen-bond donors (Lipinski definition) is 1. The minimum Gasteiger partial charge on any atom is -0.349 e. The number of likely N-dealkylation sites (tertiary alicyclic amines) is 1. The Labute approximate surface area is 202 Å². The zero-order valence-corrected chi connectivity index (χ0v) is 20.5. The third kappa shape index (κ3) is 4.78. The van der Waals surface area contributed by atoms with Crippen LogP contribution in [0.3, 0.4) is 0 Å². The largest absolute Gasteiger partial charge is 0.349 e. The first-order chi connectivity index (χ1) is 16.1. The van der Waals surface area contributed by atoms with Crippen molar-refractivity contribution in [3.05, 3.63) is 59.1 Å². The van der Waals surface area contributed by atoms with Crippen molar-refractivity contribution in [2.75, 3.05) is 24.7 Å². The molecule has 4 aromatic rings. The summed E-state index contributed by atoms with van der Waals surface area (Å²) < 4.78 is 31.2. The lowest BCUT2D eigenvalue weighted by molar-refractivity contribution is 0.0194. The molecule has 1 fully saturated rings. The number of rotatable bonds is 7. The van der Waals surface area contributed by atoms with Crippen LogP contribution >= 0.6 is 11.6 Å². The zero-order valence-electron chi connectivity index (χ0n) is 18.9. The first-order valence-electron chi connectivity index (χ1n) is 10.7. The van der Waals surface area contributed by atoms with E-state index in [9.17, 15) is 8.42 Å². The molecule has 3 aromatic heterocycles. The number of halogens is 1. The summed E-state index contributed by atoms with van der Waals surface area (Å²) in [6, 6.07) is 7.71. The van der Waals surface area contributed by atoms with Gasteiger partial charge in [-0.2, -0.15) is 18.5 Å². The molecule has 0 unspecified atom stereocenters. The molecule has 178 valence electrons. The molecule has 0 aliphatic carbocycles. The van der Waals surface area contributed by atoms with Gasteiger partial charge in [0.05, 0.1) is 17.0 Å². The summed E-state index contributed by atoms with van der Waals surface area (Å²) in [5, 5.41) is 9.47. The minimum atomic E-state index is -3.43. The van der Waals surface area contributed by atoms with Crippen molar-refractivity contribution < 1.29 is 12.6 Å². The first kappa shape index (κ1) is 22.8. The van der Waals surface area contributed by atoms with E-state index in [0.717, 1.165) is 34.1 Å². The minimum absolute atomic E-state index is 0.286. The van der Waals surface area contributed by atoms with Crippen LogP contribution < -0.4 is 5.32 Å². The maximum Gasteiger partial charge on any atom is 0.264 e. The maximum atomic E-state index is 11.3. The van der Waals surface area contributed by atoms with Crippen LogP contribution in [0.5, 0.6) is 0 Å². The summed E-state index contributed by atoms with van der Waals surface area (Å²) in [6.45, 7) is 3.73. The number of fused-ring (bicyclic) bond motifs is 1. The summed E-state index contributed by atoms with van der Waals surface area (Å²) in [4.78, 5) is 11.1. The van der Waals surface area contributed by atoms with Gasteiger partial charge in [0.15, 0.2) is 5.82 Å². The van der Waals surface area contributed by atoms with Gasteiger partial charge in [-0.1, -0.05) is 11.6 Å². The molecule has 0 saturated carbocycles. The van der Waals surface area contributed by atoms with Gasteiger partial charge in [0, 0.05) is 73.5 Å². The van der Waals surface area contributed by atoms with Gasteiger partial charge in [-0.3, -0.25) is 9.08 Å². The van der Waals surface area contributed by atoms with E-state index < -0.39 is 10.1 Å². The zero-order chi connectivity index (χ0) is 24.0. The number of nitrogens with one attached hydrogen (secondary N) is 1. The van der Waals surface area contributed by atoms with E-state index in [4.69, 9.17) is 15.8 Å². The van der Waals surface area contributed by atoms with Gasteiger partial charge >= 0.3 is 0 Å². The van der Waals surface area contributed by atoms with Crippen molar-refractivity contribution in [2.24, 2.45) is 7.05 Å². The van der Waals surface area contributed by atoms with Crippen LogP contribution in [-0.2, 0) is 27.9 Å². The number of anilines is 2. The van der Waals surface area contributed by atoms with E-state index in [1.165, 1.54) is 0 Å². The monoisotopic (exact) mass is 501 g/mol. The normalized spacial score (nSPS) is 15.1. The highest BCUT2D eigenvalue weighted by Gasteiger charge is 2.31. The second-order valence-electron chi connectivity index (χ2n) is 8.48. The van der Waals surface area contributed by atoms with E-state index in [-0.39, 0.29) is 6.10 Å². The van der Waals surface area contributed by atoms with E-state index in [0.29, 0.717) is 36.4 Å². The average Bonchev–Trinajstić information content (AvgIpc) is 3.25. The van der Waals surface area contributed by atoms with Crippen molar-refractivity contribution in [2.45, 2.75) is 19.6 Å². The predicted molar refractivity (Wildman–Crippen MR) is 130 cm³/mol. The van der Waals surface area contributed by atoms with Crippen molar-refractivity contribution in [1.29, 1.82) is 0 Å². The molecule has 12 heteroatoms. The van der Waals surface area contributed by atoms with Gasteiger partial charge in [-0.15, -0.1) is 0 Å². The van der Waals surface area contributed by atoms with E-state index in [2.05, 4.69) is 25.3 Å². The highest BCUT2D eigenvalue weighted by atomic mass is 35.5. The summed E-state index contributed by atoms with van der Waals surface area (Å²) in [5.41, 5.74) is 3.79. The highest BCUT2D eigenvalue weighted by molar-refractivity contribution is 7.86. The Hall–Kier alpha value is -2.99. The van der Waals surface area contributed by atoms with Crippen molar-refractivity contribution in [3.63, 3.8) is 0 Å². The average molecular weight is 502 g/mol. The fourth-order valence-corrected chi connectivity index (χ4v) is 4.97. The Kier molecular flexibility index (Phi) is 5.80. The topological polar surface area (TPSA) is 107 Å². The second kappa shape index (κ2) is 8.66. The Morgan fingerprint density at radius 1 is 1.24 bits per heavy atom. The molecule has 1 aliphatic rings. The summed E-state index contributed by atoms with van der Waals surface area (Å²) >= 11 is 6.33. The van der Waals surface area contributed by atoms with Gasteiger partial charge in [-0.05, 0) is 25.1 Å². The van der Waals surface area contributed by atoms with Crippen molar-refractivity contribution in [1.82, 2.24) is 29.2 Å². The van der Waals surface area contributed by atoms with Crippen LogP contribution in [0.15, 0.2) is 42.9 Å². The SMILES string of the molecule is Cc1nn(-c2ccnc(Nc3ccc4c(c3)c(Cl)cn4C)n2)cc1CN1CC(OS(C)(=O)=O)C1. The van der Waals surface area contributed by atoms with Gasteiger partial charge in [0.25, 0.3) is 10.1 Å². The Morgan fingerprint density at radius 3 is 2.79 bits per heavy atom. The number of nitrogens with zero attached hydrogens (tertiary/aromatic N) is 6. The van der Waals surface area contributed by atoms with Crippen molar-refractivity contribution in [3.8, 4) is 5.82 Å². The lowest BCUT2D eigenvalue weighted by atomic mass is 10.1. The molecule has 34 heavy (non-hydrogen) atoms. The first-order valence-corrected chi connectivity index (χ1v) is 12.8. The number of benzene rings is 1. The molecule has 1 aromatic carbocycles. The van der Waals surface area contributed by atoms with Gasteiger partial charge in [0.2, 0.25) is 5.95 Å². The molecular formula is C22H24ClN7O3S. The van der Waals surface area contributed by atoms with Crippen LogP contribution in [0.4, 0.5) is 11.6 Å². The lowest BCUT2D eigenvalue weighted by Gasteiger charge is -2.37. The van der Waals surface area contributed by atoms with Gasteiger partial charge in [0.1, 0.15) is 6.10 Å². The lowest BCUT2D eigenvalue weighted by Crippen LogP contribution is -2.52. The van der Waals surface area contributed by atoms with Crippen LogP contribution in [0, 0.1) is 6.92 Å². The van der Waals surface area contributed by atoms with Gasteiger partial charge < -0.3 is 9.88 Å². The number of aromatic nitrogens is 5. The molecule has 1 N–H and O–H groups in total. The maximum absolute atomic E-state index is 11.3. The molecule has 0 atom stereocenters. The van der Waals surface area contributed by atoms with Crippen LogP contribution in [0.25, 0.3) is 16.7 Å². The van der Waals surface area contributed by atoms with Gasteiger partial charge in [-0.25, -0.2) is 9.67 Å². The summed E-state index contributed by atoms with van der Waals surface area (Å²) in [7, 11) is -1.47. The predicted octanol–water partition coefficient (Wildman–Crippen LogP) is 3.02. The highest BCUT2D eigenvalue weighted by Crippen LogP contribution is 2.28. The Balaban J connectivity index is 1.29. The van der Waals surface area contributed by atoms with Crippen LogP contribution in [-0.4, -0.2) is 63.1 Å². The molecular weight excluding hydrogens is 478 g/mol. The fraction of sp³-hybridized carbons (Fsp3) is 0.318.